The quantitative estimate of drug-likeness (QED) is 0.384. The van der Waals surface area contributed by atoms with Crippen molar-refractivity contribution in [2.45, 2.75) is 19.3 Å². The van der Waals surface area contributed by atoms with Gasteiger partial charge in [0.2, 0.25) is 5.88 Å². The highest BCUT2D eigenvalue weighted by Gasteiger charge is 2.15. The Morgan fingerprint density at radius 2 is 2.00 bits per heavy atom. The number of oxime groups is 1. The largest absolute Gasteiger partial charge is 0.437 e. The monoisotopic (exact) mass is 270 g/mol. The number of hydrogen-bond acceptors (Lipinski definition) is 5. The average molecular weight is 270 g/mol. The van der Waals surface area contributed by atoms with E-state index in [-0.39, 0.29) is 17.4 Å². The van der Waals surface area contributed by atoms with E-state index in [1.54, 1.807) is 0 Å². The van der Waals surface area contributed by atoms with E-state index in [0.717, 1.165) is 12.8 Å². The molecule has 0 fully saturated rings. The van der Waals surface area contributed by atoms with Crippen LogP contribution >= 0.6 is 0 Å². The second-order valence-electron chi connectivity index (χ2n) is 4.58. The second-order valence-corrected chi connectivity index (χ2v) is 4.58. The summed E-state index contributed by atoms with van der Waals surface area (Å²) in [5, 5.41) is 11.7. The van der Waals surface area contributed by atoms with Gasteiger partial charge < -0.3 is 15.7 Å². The van der Waals surface area contributed by atoms with Gasteiger partial charge in [-0.2, -0.15) is 0 Å². The summed E-state index contributed by atoms with van der Waals surface area (Å²) in [6.07, 6.45) is 6.33. The number of amidine groups is 1. The van der Waals surface area contributed by atoms with Crippen molar-refractivity contribution in [3.05, 3.63) is 47.4 Å². The highest BCUT2D eigenvalue weighted by Crippen LogP contribution is 2.28. The van der Waals surface area contributed by atoms with E-state index in [1.165, 1.54) is 29.9 Å². The van der Waals surface area contributed by atoms with E-state index in [1.807, 2.05) is 12.1 Å². The van der Waals surface area contributed by atoms with Crippen LogP contribution in [-0.4, -0.2) is 21.0 Å². The number of hydrogen-bond donors (Lipinski definition) is 2. The number of nitrogens with two attached hydrogens (primary N) is 1. The molecule has 0 spiro atoms. The smallest absolute Gasteiger partial charge is 0.249 e. The van der Waals surface area contributed by atoms with Crippen LogP contribution in [0.2, 0.25) is 0 Å². The summed E-state index contributed by atoms with van der Waals surface area (Å²) in [5.74, 6) is 0.771. The fourth-order valence-electron chi connectivity index (χ4n) is 2.35. The molecule has 0 atom stereocenters. The van der Waals surface area contributed by atoms with Crippen LogP contribution in [0, 0.1) is 0 Å². The molecule has 0 saturated carbocycles. The van der Waals surface area contributed by atoms with Crippen LogP contribution in [0.5, 0.6) is 11.6 Å². The van der Waals surface area contributed by atoms with Crippen LogP contribution in [0.3, 0.4) is 0 Å². The van der Waals surface area contributed by atoms with Crippen molar-refractivity contribution in [2.75, 3.05) is 0 Å². The topological polar surface area (TPSA) is 93.6 Å². The van der Waals surface area contributed by atoms with Gasteiger partial charge in [-0.15, -0.1) is 0 Å². The molecule has 1 aromatic heterocycles. The molecule has 0 amide bonds. The molecule has 1 aliphatic rings. The first kappa shape index (κ1) is 12.4. The highest BCUT2D eigenvalue weighted by molar-refractivity contribution is 5.97. The van der Waals surface area contributed by atoms with Gasteiger partial charge in [0, 0.05) is 12.4 Å². The van der Waals surface area contributed by atoms with Gasteiger partial charge in [0.25, 0.3) is 0 Å². The molecule has 0 unspecified atom stereocenters. The normalized spacial score (nSPS) is 14.1. The van der Waals surface area contributed by atoms with Gasteiger partial charge in [-0.1, -0.05) is 11.2 Å². The van der Waals surface area contributed by atoms with Gasteiger partial charge in [-0.05, 0) is 42.5 Å². The third kappa shape index (κ3) is 2.27. The van der Waals surface area contributed by atoms with Crippen molar-refractivity contribution >= 4 is 5.84 Å². The number of fused-ring (bicyclic) bond motifs is 1. The predicted octanol–water partition coefficient (Wildman–Crippen LogP) is 1.85. The lowest BCUT2D eigenvalue weighted by molar-refractivity contribution is 0.318. The Hall–Kier alpha value is -2.63. The van der Waals surface area contributed by atoms with Crippen LogP contribution in [0.1, 0.15) is 23.2 Å². The van der Waals surface area contributed by atoms with Gasteiger partial charge >= 0.3 is 0 Å². The van der Waals surface area contributed by atoms with Crippen LogP contribution in [0.15, 0.2) is 35.7 Å². The van der Waals surface area contributed by atoms with Gasteiger partial charge in [-0.3, -0.25) is 0 Å². The van der Waals surface area contributed by atoms with Gasteiger partial charge in [0.05, 0.1) is 0 Å². The van der Waals surface area contributed by atoms with E-state index in [4.69, 9.17) is 15.7 Å². The number of benzene rings is 1. The molecule has 1 heterocycles. The van der Waals surface area contributed by atoms with Gasteiger partial charge in [-0.25, -0.2) is 9.97 Å². The summed E-state index contributed by atoms with van der Waals surface area (Å²) in [6.45, 7) is 0. The lowest BCUT2D eigenvalue weighted by Crippen LogP contribution is -2.16. The maximum Gasteiger partial charge on any atom is 0.249 e. The minimum absolute atomic E-state index is 0.130. The molecule has 6 heteroatoms. The fourth-order valence-corrected chi connectivity index (χ4v) is 2.35. The predicted molar refractivity (Wildman–Crippen MR) is 73.1 cm³/mol. The van der Waals surface area contributed by atoms with E-state index >= 15 is 0 Å². The summed E-state index contributed by atoms with van der Waals surface area (Å²) in [4.78, 5) is 8.09. The molecular weight excluding hydrogens is 256 g/mol. The molecule has 0 bridgehead atoms. The lowest BCUT2D eigenvalue weighted by Gasteiger charge is -2.09. The maximum atomic E-state index is 8.75. The van der Waals surface area contributed by atoms with Crippen molar-refractivity contribution in [3.63, 3.8) is 0 Å². The molecule has 6 nitrogen and oxygen atoms in total. The molecule has 102 valence electrons. The Kier molecular flexibility index (Phi) is 3.20. The van der Waals surface area contributed by atoms with Gasteiger partial charge in [0.1, 0.15) is 5.75 Å². The molecule has 0 aliphatic heterocycles. The van der Waals surface area contributed by atoms with Crippen molar-refractivity contribution in [1.29, 1.82) is 0 Å². The average Bonchev–Trinajstić information content (AvgIpc) is 2.94. The Morgan fingerprint density at radius 3 is 2.85 bits per heavy atom. The number of nitrogens with zero attached hydrogens (tertiary/aromatic N) is 3. The zero-order valence-electron chi connectivity index (χ0n) is 10.8. The minimum Gasteiger partial charge on any atom is -0.437 e. The van der Waals surface area contributed by atoms with E-state index in [9.17, 15) is 0 Å². The van der Waals surface area contributed by atoms with Crippen LogP contribution < -0.4 is 10.5 Å². The first-order chi connectivity index (χ1) is 9.78. The molecular formula is C14H14N4O2. The number of rotatable bonds is 3. The molecule has 0 radical (unpaired) electrons. The number of aromatic nitrogens is 2. The van der Waals surface area contributed by atoms with Crippen LogP contribution in [-0.2, 0) is 12.8 Å². The summed E-state index contributed by atoms with van der Waals surface area (Å²) in [5.41, 5.74) is 8.45. The SMILES string of the molecule is NC(=NO)c1nccnc1Oc1ccc2c(c1)CCC2. The van der Waals surface area contributed by atoms with E-state index < -0.39 is 0 Å². The number of aryl methyl sites for hydroxylation is 2. The zero-order chi connectivity index (χ0) is 13.9. The molecule has 1 aromatic carbocycles. The second kappa shape index (κ2) is 5.16. The molecule has 1 aliphatic carbocycles. The van der Waals surface area contributed by atoms with Crippen molar-refractivity contribution < 1.29 is 9.94 Å². The van der Waals surface area contributed by atoms with Crippen molar-refractivity contribution in [1.82, 2.24) is 9.97 Å². The molecule has 3 N–H and O–H groups in total. The minimum atomic E-state index is -0.130. The van der Waals surface area contributed by atoms with E-state index in [0.29, 0.717) is 5.75 Å². The first-order valence-electron chi connectivity index (χ1n) is 6.36. The fraction of sp³-hybridized carbons (Fsp3) is 0.214. The molecule has 2 aromatic rings. The molecule has 3 rings (SSSR count). The standard InChI is InChI=1S/C14H14N4O2/c15-13(18-19)12-14(17-7-6-16-12)20-11-5-4-9-2-1-3-10(9)8-11/h4-8,19H,1-3H2,(H2,15,18). The first-order valence-corrected chi connectivity index (χ1v) is 6.36. The number of ether oxygens (including phenoxy) is 1. The Balaban J connectivity index is 1.92. The maximum absolute atomic E-state index is 8.75. The Morgan fingerprint density at radius 1 is 1.20 bits per heavy atom. The Bertz CT molecular complexity index is 670. The summed E-state index contributed by atoms with van der Waals surface area (Å²) >= 11 is 0. The third-order valence-corrected chi connectivity index (χ3v) is 3.30. The zero-order valence-corrected chi connectivity index (χ0v) is 10.8. The van der Waals surface area contributed by atoms with Crippen molar-refractivity contribution in [2.24, 2.45) is 10.9 Å². The van der Waals surface area contributed by atoms with Crippen LogP contribution in [0.25, 0.3) is 0 Å². The third-order valence-electron chi connectivity index (χ3n) is 3.30. The Labute approximate surface area is 115 Å². The van der Waals surface area contributed by atoms with E-state index in [2.05, 4.69) is 21.2 Å². The summed E-state index contributed by atoms with van der Waals surface area (Å²) in [7, 11) is 0. The molecule has 0 saturated heterocycles. The summed E-state index contributed by atoms with van der Waals surface area (Å²) < 4.78 is 5.71. The lowest BCUT2D eigenvalue weighted by atomic mass is 10.1. The van der Waals surface area contributed by atoms with Crippen molar-refractivity contribution in [3.8, 4) is 11.6 Å². The van der Waals surface area contributed by atoms with Crippen LogP contribution in [0.4, 0.5) is 0 Å². The summed E-state index contributed by atoms with van der Waals surface area (Å²) in [6, 6.07) is 5.97. The highest BCUT2D eigenvalue weighted by atomic mass is 16.5. The van der Waals surface area contributed by atoms with Gasteiger partial charge in [0.15, 0.2) is 11.5 Å². The molecule has 20 heavy (non-hydrogen) atoms.